The van der Waals surface area contributed by atoms with E-state index in [0.717, 1.165) is 19.7 Å². The maximum absolute atomic E-state index is 15.3. The number of amides is 4. The lowest BCUT2D eigenvalue weighted by Crippen LogP contribution is -2.53. The lowest BCUT2D eigenvalue weighted by Gasteiger charge is -2.50. The average Bonchev–Trinajstić information content (AvgIpc) is 3.51. The van der Waals surface area contributed by atoms with Gasteiger partial charge in [0.15, 0.2) is 0 Å². The molecule has 4 amide bonds. The summed E-state index contributed by atoms with van der Waals surface area (Å²) in [5, 5.41) is 11.6. The number of anilines is 2. The first-order valence-corrected chi connectivity index (χ1v) is 17.7. The molecule has 8 rings (SSSR count). The Morgan fingerprint density at radius 3 is 2.28 bits per heavy atom. The summed E-state index contributed by atoms with van der Waals surface area (Å²) >= 11 is 2.19. The number of hydrogen-bond donors (Lipinski definition) is 2. The van der Waals surface area contributed by atoms with Gasteiger partial charge in [-0.1, -0.05) is 65.7 Å². The lowest BCUT2D eigenvalue weighted by molar-refractivity contribution is -0.138. The first kappa shape index (κ1) is 32.2. The van der Waals surface area contributed by atoms with Crippen molar-refractivity contribution in [2.75, 3.05) is 17.4 Å². The molecule has 252 valence electrons. The highest BCUT2D eigenvalue weighted by Gasteiger charge is 2.70. The number of hydrogen-bond acceptors (Lipinski definition) is 7. The molecule has 50 heavy (non-hydrogen) atoms. The molecule has 4 aromatic rings. The van der Waals surface area contributed by atoms with Crippen LogP contribution >= 0.6 is 22.6 Å². The van der Waals surface area contributed by atoms with Crippen molar-refractivity contribution in [3.63, 3.8) is 0 Å². The van der Waals surface area contributed by atoms with E-state index in [-0.39, 0.29) is 24.0 Å². The molecule has 0 bridgehead atoms. The van der Waals surface area contributed by atoms with Crippen LogP contribution in [0, 0.1) is 34.2 Å². The number of phenols is 1. The maximum atomic E-state index is 15.3. The third-order valence-corrected chi connectivity index (χ3v) is 11.7. The second-order valence-electron chi connectivity index (χ2n) is 13.5. The van der Waals surface area contributed by atoms with Crippen molar-refractivity contribution in [1.82, 2.24) is 5.01 Å². The van der Waals surface area contributed by atoms with Crippen molar-refractivity contribution in [2.24, 2.45) is 23.7 Å². The van der Waals surface area contributed by atoms with Crippen LogP contribution in [0.4, 0.5) is 11.4 Å². The number of carbonyl (C=O) groups is 4. The van der Waals surface area contributed by atoms with Gasteiger partial charge in [-0.25, -0.2) is 0 Å². The van der Waals surface area contributed by atoms with E-state index in [1.54, 1.807) is 24.3 Å². The SMILES string of the molecule is COc1cc(O)ccc1[C@H]1C2=CC[C@@H]3C(=O)N(c4ccc(I)cc4)C(=O)[C@@H]3[C@@H]2C[C@H]2C(=O)N(Nc3ccc(C)cc3)C(=O)[C@@]12c1ccccc1. The Morgan fingerprint density at radius 1 is 0.860 bits per heavy atom. The number of hydrazine groups is 1. The molecule has 2 aliphatic carbocycles. The number of ether oxygens (including phenoxy) is 1. The van der Waals surface area contributed by atoms with Crippen LogP contribution in [0.1, 0.15) is 35.4 Å². The average molecular weight is 780 g/mol. The van der Waals surface area contributed by atoms with Crippen LogP contribution in [-0.2, 0) is 24.6 Å². The van der Waals surface area contributed by atoms with Gasteiger partial charge in [-0.15, -0.1) is 0 Å². The highest BCUT2D eigenvalue weighted by molar-refractivity contribution is 14.1. The second kappa shape index (κ2) is 12.1. The van der Waals surface area contributed by atoms with Crippen LogP contribution in [0.3, 0.4) is 0 Å². The summed E-state index contributed by atoms with van der Waals surface area (Å²) in [6, 6.07) is 28.9. The van der Waals surface area contributed by atoms with E-state index < -0.39 is 46.8 Å². The Balaban J connectivity index is 1.33. The summed E-state index contributed by atoms with van der Waals surface area (Å²) in [5.41, 5.74) is 5.90. The minimum absolute atomic E-state index is 0.0119. The van der Waals surface area contributed by atoms with Gasteiger partial charge in [-0.2, -0.15) is 5.01 Å². The molecule has 0 aromatic heterocycles. The number of phenolic OH excluding ortho intramolecular Hbond substituents is 1. The Hall–Kier alpha value is -4.97. The Labute approximate surface area is 303 Å². The van der Waals surface area contributed by atoms with Crippen molar-refractivity contribution in [3.8, 4) is 11.5 Å². The maximum Gasteiger partial charge on any atom is 0.260 e. The number of carbonyl (C=O) groups excluding carboxylic acids is 4. The number of rotatable bonds is 6. The zero-order chi connectivity index (χ0) is 34.9. The standard InChI is InChI=1S/C40H34IN3O6/c1-22-8-12-25(13-9-22)42-44-37(47)32-21-31-28(18-19-30-34(31)38(48)43(36(30)46)26-14-10-24(41)11-15-26)35(29-17-16-27(45)20-33(29)50-2)40(32,39(44)49)23-6-4-3-5-7-23/h3-18,20,30-32,34-35,42,45H,19,21H2,1-2H3/t30-,31+,32-,34-,35+,40+/m0/s1. The fourth-order valence-corrected chi connectivity index (χ4v) is 9.23. The highest BCUT2D eigenvalue weighted by Crippen LogP contribution is 2.65. The zero-order valence-corrected chi connectivity index (χ0v) is 29.5. The summed E-state index contributed by atoms with van der Waals surface area (Å²) in [6.45, 7) is 1.96. The van der Waals surface area contributed by atoms with Gasteiger partial charge in [0.25, 0.3) is 11.8 Å². The van der Waals surface area contributed by atoms with Gasteiger partial charge in [-0.05, 0) is 96.3 Å². The fourth-order valence-electron chi connectivity index (χ4n) is 8.87. The first-order valence-electron chi connectivity index (χ1n) is 16.6. The molecule has 4 aliphatic rings. The monoisotopic (exact) mass is 779 g/mol. The van der Waals surface area contributed by atoms with E-state index >= 15 is 4.79 Å². The summed E-state index contributed by atoms with van der Waals surface area (Å²) in [6.07, 6.45) is 2.51. The van der Waals surface area contributed by atoms with Crippen LogP contribution < -0.4 is 15.1 Å². The molecule has 4 aromatic carbocycles. The van der Waals surface area contributed by atoms with Gasteiger partial charge in [0.05, 0.1) is 41.7 Å². The van der Waals surface area contributed by atoms with Crippen LogP contribution in [0.25, 0.3) is 0 Å². The van der Waals surface area contributed by atoms with E-state index in [2.05, 4.69) is 28.0 Å². The number of fused-ring (bicyclic) bond motifs is 4. The van der Waals surface area contributed by atoms with Crippen molar-refractivity contribution >= 4 is 57.6 Å². The van der Waals surface area contributed by atoms with Crippen LogP contribution in [0.5, 0.6) is 11.5 Å². The van der Waals surface area contributed by atoms with E-state index in [9.17, 15) is 19.5 Å². The highest BCUT2D eigenvalue weighted by atomic mass is 127. The topological polar surface area (TPSA) is 116 Å². The summed E-state index contributed by atoms with van der Waals surface area (Å²) in [4.78, 5) is 59.8. The molecule has 2 N–H and O–H groups in total. The van der Waals surface area contributed by atoms with E-state index in [1.807, 2.05) is 79.7 Å². The summed E-state index contributed by atoms with van der Waals surface area (Å²) in [7, 11) is 1.50. The van der Waals surface area contributed by atoms with Crippen LogP contribution in [0.2, 0.25) is 0 Å². The number of benzene rings is 4. The van der Waals surface area contributed by atoms with Crippen LogP contribution in [0.15, 0.2) is 109 Å². The van der Waals surface area contributed by atoms with Gasteiger partial charge < -0.3 is 9.84 Å². The molecule has 0 radical (unpaired) electrons. The third-order valence-electron chi connectivity index (χ3n) is 11.0. The molecule has 2 aliphatic heterocycles. The predicted octanol–water partition coefficient (Wildman–Crippen LogP) is 6.50. The molecule has 3 fully saturated rings. The first-order chi connectivity index (χ1) is 24.1. The molecular weight excluding hydrogens is 745 g/mol. The van der Waals surface area contributed by atoms with Gasteiger partial charge >= 0.3 is 0 Å². The van der Waals surface area contributed by atoms with Gasteiger partial charge in [0.1, 0.15) is 11.5 Å². The Bertz CT molecular complexity index is 2080. The number of allylic oxidation sites excluding steroid dienone is 2. The largest absolute Gasteiger partial charge is 0.508 e. The molecule has 10 heteroatoms. The molecule has 2 heterocycles. The molecule has 2 saturated heterocycles. The third kappa shape index (κ3) is 4.71. The van der Waals surface area contributed by atoms with E-state index in [4.69, 9.17) is 4.74 Å². The number of nitrogens with zero attached hydrogens (tertiary/aromatic N) is 2. The normalized spacial score (nSPS) is 27.1. The minimum Gasteiger partial charge on any atom is -0.508 e. The van der Waals surface area contributed by atoms with Crippen molar-refractivity contribution in [2.45, 2.75) is 31.1 Å². The second-order valence-corrected chi connectivity index (χ2v) is 14.8. The van der Waals surface area contributed by atoms with Gasteiger partial charge in [0.2, 0.25) is 11.8 Å². The smallest absolute Gasteiger partial charge is 0.260 e. The van der Waals surface area contributed by atoms with E-state index in [0.29, 0.717) is 34.7 Å². The number of methoxy groups -OCH3 is 1. The van der Waals surface area contributed by atoms with Gasteiger partial charge in [0, 0.05) is 21.1 Å². The number of aryl methyl sites for hydroxylation is 1. The minimum atomic E-state index is -1.43. The van der Waals surface area contributed by atoms with Crippen molar-refractivity contribution in [1.29, 1.82) is 0 Å². The number of nitrogens with one attached hydrogen (secondary N) is 1. The molecule has 0 spiro atoms. The van der Waals surface area contributed by atoms with Crippen LogP contribution in [-0.4, -0.2) is 40.9 Å². The number of halogens is 1. The molecule has 9 nitrogen and oxygen atoms in total. The Morgan fingerprint density at radius 2 is 1.58 bits per heavy atom. The lowest BCUT2D eigenvalue weighted by atomic mass is 9.49. The quantitative estimate of drug-likeness (QED) is 0.130. The molecule has 6 atom stereocenters. The fraction of sp³-hybridized carbons (Fsp3) is 0.250. The number of aromatic hydroxyl groups is 1. The van der Waals surface area contributed by atoms with E-state index in [1.165, 1.54) is 18.1 Å². The molecule has 0 unspecified atom stereocenters. The summed E-state index contributed by atoms with van der Waals surface area (Å²) in [5.74, 6) is -4.53. The predicted molar refractivity (Wildman–Crippen MR) is 195 cm³/mol. The number of imide groups is 2. The Kier molecular flexibility index (Phi) is 7.81. The van der Waals surface area contributed by atoms with Gasteiger partial charge in [-0.3, -0.25) is 29.5 Å². The summed E-state index contributed by atoms with van der Waals surface area (Å²) < 4.78 is 6.83. The molecular formula is C40H34IN3O6. The zero-order valence-electron chi connectivity index (χ0n) is 27.4. The molecule has 1 saturated carbocycles. The van der Waals surface area contributed by atoms with Crippen molar-refractivity contribution in [3.05, 3.63) is 129 Å². The van der Waals surface area contributed by atoms with Crippen molar-refractivity contribution < 1.29 is 29.0 Å².